The van der Waals surface area contributed by atoms with Crippen LogP contribution in [0, 0.1) is 16.4 Å². The van der Waals surface area contributed by atoms with E-state index in [4.69, 9.17) is 19.4 Å². The fourth-order valence-electron chi connectivity index (χ4n) is 2.60. The fourth-order valence-corrected chi connectivity index (χ4v) is 5.77. The summed E-state index contributed by atoms with van der Waals surface area (Å²) in [6, 6.07) is 0. The van der Waals surface area contributed by atoms with Crippen LogP contribution in [0.2, 0.25) is 0 Å². The molecule has 0 bridgehead atoms. The lowest BCUT2D eigenvalue weighted by Crippen LogP contribution is -2.41. The first kappa shape index (κ1) is 28.4. The van der Waals surface area contributed by atoms with Crippen molar-refractivity contribution >= 4 is 35.7 Å². The molecule has 15 nitrogen and oxygen atoms in total. The van der Waals surface area contributed by atoms with Gasteiger partial charge in [-0.1, -0.05) is 12.2 Å². The Morgan fingerprint density at radius 1 is 1.15 bits per heavy atom. The zero-order valence-electron chi connectivity index (χ0n) is 15.3. The molecule has 23 heteroatoms. The van der Waals surface area contributed by atoms with E-state index in [1.807, 2.05) is 0 Å². The largest absolute Gasteiger partial charge is 0.490 e. The van der Waals surface area contributed by atoms with Crippen molar-refractivity contribution in [3.8, 4) is 0 Å². The molecule has 2 rings (SSSR count). The molecule has 1 saturated heterocycles. The van der Waals surface area contributed by atoms with E-state index in [2.05, 4.69) is 25.4 Å². The second-order valence-corrected chi connectivity index (χ2v) is 11.0. The van der Waals surface area contributed by atoms with Crippen LogP contribution in [0.15, 0.2) is 11.0 Å². The summed E-state index contributed by atoms with van der Waals surface area (Å²) in [4.78, 5) is 48.9. The van der Waals surface area contributed by atoms with Gasteiger partial charge in [0, 0.05) is 0 Å². The van der Waals surface area contributed by atoms with Gasteiger partial charge in [-0.3, -0.25) is 14.1 Å². The molecule has 1 aromatic heterocycles. The first-order chi connectivity index (χ1) is 14.7. The molecule has 33 heavy (non-hydrogen) atoms. The van der Waals surface area contributed by atoms with Crippen molar-refractivity contribution in [2.75, 3.05) is 6.61 Å². The number of hydrogen-bond donors (Lipinski definition) is 6. The van der Waals surface area contributed by atoms with E-state index in [9.17, 15) is 46.1 Å². The summed E-state index contributed by atoms with van der Waals surface area (Å²) in [5.74, 6) is -4.21. The quantitative estimate of drug-likeness (QED) is 0.145. The third kappa shape index (κ3) is 7.57. The van der Waals surface area contributed by atoms with Crippen molar-refractivity contribution in [3.63, 3.8) is 0 Å². The van der Waals surface area contributed by atoms with E-state index in [1.165, 1.54) is 0 Å². The van der Waals surface area contributed by atoms with Crippen molar-refractivity contribution in [2.45, 2.75) is 24.6 Å². The SMILES string of the molecule is O=c1[nH]c(=S)c(F)cn1[C@@H]1O[C@H](COP(=O)(O)OP(=O)(O)OP(=O)(O)O)[C@H](O)C1C(F)(F)F. The summed E-state index contributed by atoms with van der Waals surface area (Å²) >= 11 is 4.43. The number of aliphatic hydroxyl groups excluding tert-OH is 1. The van der Waals surface area contributed by atoms with Gasteiger partial charge in [-0.25, -0.2) is 22.9 Å². The van der Waals surface area contributed by atoms with Crippen LogP contribution < -0.4 is 5.69 Å². The van der Waals surface area contributed by atoms with E-state index in [-0.39, 0.29) is 10.8 Å². The maximum atomic E-state index is 13.7. The first-order valence-electron chi connectivity index (χ1n) is 7.92. The van der Waals surface area contributed by atoms with Crippen LogP contribution in [0.3, 0.4) is 0 Å². The van der Waals surface area contributed by atoms with Crippen molar-refractivity contribution in [2.24, 2.45) is 5.92 Å². The second kappa shape index (κ2) is 9.66. The predicted octanol–water partition coefficient (Wildman–Crippen LogP) is 0.825. The molecule has 1 fully saturated rings. The number of hydrogen-bond acceptors (Lipinski definition) is 10. The number of phosphoric acid groups is 3. The highest BCUT2D eigenvalue weighted by atomic mass is 32.1. The van der Waals surface area contributed by atoms with Crippen molar-refractivity contribution in [3.05, 3.63) is 27.1 Å². The molecule has 0 aliphatic carbocycles. The molecule has 3 unspecified atom stereocenters. The minimum atomic E-state index is -5.91. The summed E-state index contributed by atoms with van der Waals surface area (Å²) in [6.45, 7) is -1.45. The Kier molecular flexibility index (Phi) is 8.31. The highest BCUT2D eigenvalue weighted by molar-refractivity contribution is 7.71. The topological polar surface area (TPSA) is 227 Å². The van der Waals surface area contributed by atoms with E-state index in [0.717, 1.165) is 0 Å². The van der Waals surface area contributed by atoms with E-state index < -0.39 is 76.8 Å². The van der Waals surface area contributed by atoms with Gasteiger partial charge in [0.1, 0.15) is 16.7 Å². The molecule has 6 N–H and O–H groups in total. The highest BCUT2D eigenvalue weighted by Crippen LogP contribution is 2.66. The van der Waals surface area contributed by atoms with Crippen LogP contribution in [-0.4, -0.2) is 59.2 Å². The summed E-state index contributed by atoms with van der Waals surface area (Å²) in [5, 5.41) is 10.0. The van der Waals surface area contributed by atoms with E-state index in [0.29, 0.717) is 0 Å². The highest BCUT2D eigenvalue weighted by Gasteiger charge is 2.58. The van der Waals surface area contributed by atoms with Crippen LogP contribution in [0.1, 0.15) is 6.23 Å². The molecule has 2 heterocycles. The van der Waals surface area contributed by atoms with Gasteiger partial charge in [0.05, 0.1) is 18.9 Å². The van der Waals surface area contributed by atoms with Gasteiger partial charge in [-0.2, -0.15) is 21.8 Å². The van der Waals surface area contributed by atoms with Crippen LogP contribution in [0.4, 0.5) is 17.6 Å². The Bertz CT molecular complexity index is 1150. The molecule has 0 saturated carbocycles. The van der Waals surface area contributed by atoms with Gasteiger partial charge in [0.25, 0.3) is 0 Å². The summed E-state index contributed by atoms with van der Waals surface area (Å²) < 4.78 is 103. The Balaban J connectivity index is 2.25. The number of aromatic nitrogens is 2. The van der Waals surface area contributed by atoms with Gasteiger partial charge >= 0.3 is 35.3 Å². The summed E-state index contributed by atoms with van der Waals surface area (Å²) in [6.07, 6.45) is -12.1. The van der Waals surface area contributed by atoms with Gasteiger partial charge in [-0.05, 0) is 0 Å². The minimum Gasteiger partial charge on any atom is -0.389 e. The van der Waals surface area contributed by atoms with E-state index in [1.54, 1.807) is 4.98 Å². The third-order valence-corrected chi connectivity index (χ3v) is 7.86. The molecule has 0 amide bonds. The Labute approximate surface area is 184 Å². The lowest BCUT2D eigenvalue weighted by atomic mass is 9.99. The molecule has 0 aromatic carbocycles. The van der Waals surface area contributed by atoms with Crippen LogP contribution in [0.25, 0.3) is 0 Å². The predicted molar refractivity (Wildman–Crippen MR) is 95.1 cm³/mol. The number of H-pyrrole nitrogens is 1. The van der Waals surface area contributed by atoms with Crippen LogP contribution >= 0.6 is 35.7 Å². The molecule has 1 aromatic rings. The smallest absolute Gasteiger partial charge is 0.389 e. The number of aliphatic hydroxyl groups is 1. The zero-order chi connectivity index (χ0) is 25.6. The Morgan fingerprint density at radius 3 is 2.24 bits per heavy atom. The van der Waals surface area contributed by atoms with E-state index >= 15 is 0 Å². The normalized spacial score (nSPS) is 27.8. The van der Waals surface area contributed by atoms with Crippen molar-refractivity contribution in [1.29, 1.82) is 0 Å². The number of nitrogens with zero attached hydrogens (tertiary/aromatic N) is 1. The molecular formula is C10H13F4N2O13P3S. The number of ether oxygens (including phenoxy) is 1. The van der Waals surface area contributed by atoms with Gasteiger partial charge in [0.15, 0.2) is 12.0 Å². The van der Waals surface area contributed by atoms with Crippen molar-refractivity contribution in [1.82, 2.24) is 9.55 Å². The summed E-state index contributed by atoms with van der Waals surface area (Å²) in [5.41, 5.74) is -1.36. The molecule has 6 atom stereocenters. The number of phosphoric ester groups is 1. The fraction of sp³-hybridized carbons (Fsp3) is 0.600. The lowest BCUT2D eigenvalue weighted by Gasteiger charge is -2.24. The van der Waals surface area contributed by atoms with Gasteiger partial charge in [0.2, 0.25) is 0 Å². The van der Waals surface area contributed by atoms with Gasteiger partial charge < -0.3 is 29.4 Å². The van der Waals surface area contributed by atoms with Crippen molar-refractivity contribution < 1.29 is 73.8 Å². The standard InChI is InChI=1S/C10H13F4N2O13P3S/c11-3-1-16(9(18)15-7(3)33)8-5(10(12,13)14)6(17)4(27-8)2-26-31(22,23)29-32(24,25)28-30(19,20)21/h1,4-6,8,17H,2H2,(H,22,23)(H,24,25)(H,15,18,33)(H2,19,20,21)/t4-,5?,6+,8-/m1/s1. The molecule has 0 radical (unpaired) electrons. The number of alkyl halides is 3. The summed E-state index contributed by atoms with van der Waals surface area (Å²) in [7, 11) is -17.4. The average Bonchev–Trinajstić information content (AvgIpc) is 2.89. The Hall–Kier alpha value is -0.850. The number of aromatic amines is 1. The molecule has 190 valence electrons. The second-order valence-electron chi connectivity index (χ2n) is 6.15. The molecule has 1 aliphatic heterocycles. The van der Waals surface area contributed by atoms with Crippen LogP contribution in [0.5, 0.6) is 0 Å². The number of halogens is 4. The molecule has 0 spiro atoms. The minimum absolute atomic E-state index is 0.0807. The maximum Gasteiger partial charge on any atom is 0.490 e. The first-order valence-corrected chi connectivity index (χ1v) is 12.8. The van der Waals surface area contributed by atoms with Crippen LogP contribution in [-0.2, 0) is 31.6 Å². The number of nitrogens with one attached hydrogen (secondary N) is 1. The lowest BCUT2D eigenvalue weighted by molar-refractivity contribution is -0.211. The van der Waals surface area contributed by atoms with Gasteiger partial charge in [-0.15, -0.1) is 0 Å². The Morgan fingerprint density at radius 2 is 1.73 bits per heavy atom. The average molecular weight is 570 g/mol. The zero-order valence-corrected chi connectivity index (χ0v) is 18.8. The monoisotopic (exact) mass is 570 g/mol. The number of rotatable bonds is 8. The molecule has 1 aliphatic rings. The maximum absolute atomic E-state index is 13.7. The molecular weight excluding hydrogens is 557 g/mol. The third-order valence-electron chi connectivity index (χ3n) is 3.76.